The maximum absolute atomic E-state index is 12.6. The van der Waals surface area contributed by atoms with Crippen molar-refractivity contribution in [2.24, 2.45) is 5.10 Å². The third-order valence-corrected chi connectivity index (χ3v) is 5.38. The number of nitrogens with one attached hydrogen (secondary N) is 2. The van der Waals surface area contributed by atoms with Gasteiger partial charge in [-0.25, -0.2) is 10.2 Å². The van der Waals surface area contributed by atoms with Gasteiger partial charge in [0, 0.05) is 10.6 Å². The van der Waals surface area contributed by atoms with Gasteiger partial charge < -0.3 is 19.5 Å². The predicted molar refractivity (Wildman–Crippen MR) is 144 cm³/mol. The van der Waals surface area contributed by atoms with Crippen LogP contribution in [0.4, 0.5) is 0 Å². The fourth-order valence-corrected chi connectivity index (χ4v) is 3.33. The minimum absolute atomic E-state index is 0.227. The van der Waals surface area contributed by atoms with Crippen molar-refractivity contribution in [3.63, 3.8) is 0 Å². The van der Waals surface area contributed by atoms with Gasteiger partial charge in [0.15, 0.2) is 11.5 Å². The lowest BCUT2D eigenvalue weighted by atomic mass is 10.2. The highest BCUT2D eigenvalue weighted by molar-refractivity contribution is 6.31. The summed E-state index contributed by atoms with van der Waals surface area (Å²) in [5.74, 6) is -0.273. The van der Waals surface area contributed by atoms with E-state index in [1.807, 2.05) is 0 Å². The molecule has 0 aliphatic heterocycles. The molecule has 3 aromatic rings. The maximum atomic E-state index is 12.6. The number of carbonyl (C=O) groups excluding carboxylic acids is 3. The monoisotopic (exact) mass is 537 g/mol. The van der Waals surface area contributed by atoms with Gasteiger partial charge in [0.2, 0.25) is 0 Å². The number of amides is 2. The van der Waals surface area contributed by atoms with Gasteiger partial charge in [0.1, 0.15) is 5.75 Å². The highest BCUT2D eigenvalue weighted by Crippen LogP contribution is 2.28. The zero-order valence-corrected chi connectivity index (χ0v) is 21.8. The molecule has 2 N–H and O–H groups in total. The van der Waals surface area contributed by atoms with Crippen molar-refractivity contribution in [1.82, 2.24) is 10.7 Å². The molecule has 0 bridgehead atoms. The number of hydrogen-bond acceptors (Lipinski definition) is 7. The van der Waals surface area contributed by atoms with Crippen LogP contribution in [-0.4, -0.2) is 44.3 Å². The van der Waals surface area contributed by atoms with E-state index >= 15 is 0 Å². The predicted octanol–water partition coefficient (Wildman–Crippen LogP) is 4.63. The van der Waals surface area contributed by atoms with Crippen LogP contribution in [0, 0.1) is 0 Å². The Morgan fingerprint density at radius 2 is 1.76 bits per heavy atom. The van der Waals surface area contributed by atoms with Crippen molar-refractivity contribution in [2.45, 2.75) is 19.8 Å². The Morgan fingerprint density at radius 3 is 2.47 bits per heavy atom. The fraction of sp³-hybridized carbons (Fsp3) is 0.214. The van der Waals surface area contributed by atoms with Crippen LogP contribution in [0.3, 0.4) is 0 Å². The minimum atomic E-state index is -0.545. The Kier molecular flexibility index (Phi) is 10.7. The first-order valence-corrected chi connectivity index (χ1v) is 12.3. The van der Waals surface area contributed by atoms with Crippen LogP contribution < -0.4 is 25.0 Å². The van der Waals surface area contributed by atoms with Crippen molar-refractivity contribution >= 4 is 35.6 Å². The molecule has 0 spiro atoms. The number of hydrazone groups is 1. The van der Waals surface area contributed by atoms with Gasteiger partial charge in [-0.3, -0.25) is 9.59 Å². The van der Waals surface area contributed by atoms with Crippen LogP contribution in [-0.2, 0) is 4.79 Å². The third-order valence-electron chi connectivity index (χ3n) is 5.15. The first-order chi connectivity index (χ1) is 18.4. The largest absolute Gasteiger partial charge is 0.494 e. The molecule has 2 amide bonds. The van der Waals surface area contributed by atoms with Crippen molar-refractivity contribution in [3.05, 3.63) is 88.4 Å². The highest BCUT2D eigenvalue weighted by Gasteiger charge is 2.13. The maximum Gasteiger partial charge on any atom is 0.343 e. The summed E-state index contributed by atoms with van der Waals surface area (Å²) in [6.45, 7) is 2.44. The molecule has 0 saturated carbocycles. The Hall–Kier alpha value is -4.37. The zero-order valence-electron chi connectivity index (χ0n) is 21.0. The number of nitrogens with zero attached hydrogens (tertiary/aromatic N) is 1. The fourth-order valence-electron chi connectivity index (χ4n) is 3.14. The van der Waals surface area contributed by atoms with Gasteiger partial charge in [-0.2, -0.15) is 5.10 Å². The highest BCUT2D eigenvalue weighted by atomic mass is 35.5. The summed E-state index contributed by atoms with van der Waals surface area (Å²) in [5, 5.41) is 6.79. The number of ether oxygens (including phenoxy) is 3. The molecular formula is C28H28ClN3O6. The number of benzene rings is 3. The average molecular weight is 538 g/mol. The zero-order chi connectivity index (χ0) is 27.3. The standard InChI is InChI=1S/C28H28ClN3O6/c1-3-4-14-37-23-11-9-20(10-12-23)28(35)38-24-13-8-19(15-25(24)36-2)17-31-32-26(33)18-30-27(34)21-6-5-7-22(29)16-21/h5-13,15-17H,3-4,14,18H2,1-2H3,(H,30,34)(H,32,33)/b31-17+. The number of hydrogen-bond donors (Lipinski definition) is 2. The van der Waals surface area contributed by atoms with E-state index in [-0.39, 0.29) is 12.3 Å². The second-order valence-electron chi connectivity index (χ2n) is 8.01. The Morgan fingerprint density at radius 1 is 0.974 bits per heavy atom. The second kappa shape index (κ2) is 14.4. The van der Waals surface area contributed by atoms with Gasteiger partial charge in [0.25, 0.3) is 11.8 Å². The summed E-state index contributed by atoms with van der Waals surface area (Å²) in [4.78, 5) is 36.7. The molecule has 0 radical (unpaired) electrons. The Labute approximate surface area is 225 Å². The van der Waals surface area contributed by atoms with Gasteiger partial charge >= 0.3 is 5.97 Å². The number of halogens is 1. The molecule has 0 fully saturated rings. The van der Waals surface area contributed by atoms with E-state index < -0.39 is 17.8 Å². The minimum Gasteiger partial charge on any atom is -0.494 e. The summed E-state index contributed by atoms with van der Waals surface area (Å²) < 4.78 is 16.4. The Bertz CT molecular complexity index is 1290. The summed E-state index contributed by atoms with van der Waals surface area (Å²) in [6.07, 6.45) is 3.39. The average Bonchev–Trinajstić information content (AvgIpc) is 2.93. The van der Waals surface area contributed by atoms with Gasteiger partial charge in [-0.15, -0.1) is 0 Å². The van der Waals surface area contributed by atoms with E-state index in [2.05, 4.69) is 22.8 Å². The SMILES string of the molecule is CCCCOc1ccc(C(=O)Oc2ccc(/C=N/NC(=O)CNC(=O)c3cccc(Cl)c3)cc2OC)cc1. The lowest BCUT2D eigenvalue weighted by molar-refractivity contribution is -0.120. The third kappa shape index (κ3) is 8.63. The molecule has 3 rings (SSSR count). The van der Waals surface area contributed by atoms with E-state index in [4.69, 9.17) is 25.8 Å². The molecule has 0 aliphatic rings. The first kappa shape index (κ1) is 28.2. The second-order valence-corrected chi connectivity index (χ2v) is 8.45. The van der Waals surface area contributed by atoms with E-state index in [0.29, 0.717) is 39.8 Å². The summed E-state index contributed by atoms with van der Waals surface area (Å²) in [7, 11) is 1.44. The molecule has 3 aromatic carbocycles. The van der Waals surface area contributed by atoms with E-state index in [9.17, 15) is 14.4 Å². The Balaban J connectivity index is 1.51. The molecule has 198 valence electrons. The molecular weight excluding hydrogens is 510 g/mol. The summed E-state index contributed by atoms with van der Waals surface area (Å²) in [5.41, 5.74) is 3.62. The molecule has 10 heteroatoms. The number of unbranched alkanes of at least 4 members (excludes halogenated alkanes) is 1. The van der Waals surface area contributed by atoms with Crippen LogP contribution in [0.15, 0.2) is 71.8 Å². The van der Waals surface area contributed by atoms with Crippen LogP contribution in [0.1, 0.15) is 46.0 Å². The van der Waals surface area contributed by atoms with Crippen LogP contribution in [0.2, 0.25) is 5.02 Å². The number of esters is 1. The van der Waals surface area contributed by atoms with Gasteiger partial charge in [0.05, 0.1) is 32.0 Å². The molecule has 0 aromatic heterocycles. The summed E-state index contributed by atoms with van der Waals surface area (Å²) >= 11 is 5.87. The molecule has 9 nitrogen and oxygen atoms in total. The van der Waals surface area contributed by atoms with Crippen molar-refractivity contribution in [3.8, 4) is 17.2 Å². The lowest BCUT2D eigenvalue weighted by Gasteiger charge is -2.10. The van der Waals surface area contributed by atoms with Crippen molar-refractivity contribution in [1.29, 1.82) is 0 Å². The number of methoxy groups -OCH3 is 1. The quantitative estimate of drug-likeness (QED) is 0.114. The van der Waals surface area contributed by atoms with Crippen molar-refractivity contribution in [2.75, 3.05) is 20.3 Å². The number of carbonyl (C=O) groups is 3. The normalized spacial score (nSPS) is 10.6. The molecule has 0 saturated heterocycles. The van der Waals surface area contributed by atoms with Crippen molar-refractivity contribution < 1.29 is 28.6 Å². The smallest absolute Gasteiger partial charge is 0.343 e. The molecule has 0 aliphatic carbocycles. The van der Waals surface area contributed by atoms with Crippen LogP contribution in [0.25, 0.3) is 0 Å². The van der Waals surface area contributed by atoms with Gasteiger partial charge in [-0.05, 0) is 72.6 Å². The molecule has 0 unspecified atom stereocenters. The molecule has 0 atom stereocenters. The first-order valence-electron chi connectivity index (χ1n) is 11.9. The lowest BCUT2D eigenvalue weighted by Crippen LogP contribution is -2.34. The van der Waals surface area contributed by atoms with E-state index in [0.717, 1.165) is 12.8 Å². The topological polar surface area (TPSA) is 115 Å². The van der Waals surface area contributed by atoms with Crippen LogP contribution >= 0.6 is 11.6 Å². The van der Waals surface area contributed by atoms with Gasteiger partial charge in [-0.1, -0.05) is 31.0 Å². The van der Waals surface area contributed by atoms with E-state index in [1.165, 1.54) is 19.4 Å². The van der Waals surface area contributed by atoms with E-state index in [1.54, 1.807) is 60.7 Å². The molecule has 0 heterocycles. The molecule has 38 heavy (non-hydrogen) atoms. The summed E-state index contributed by atoms with van der Waals surface area (Å²) in [6, 6.07) is 17.9. The van der Waals surface area contributed by atoms with Crippen LogP contribution in [0.5, 0.6) is 17.2 Å². The number of rotatable bonds is 12.